The number of rotatable bonds is 6. The quantitative estimate of drug-likeness (QED) is 0.744. The summed E-state index contributed by atoms with van der Waals surface area (Å²) in [5, 5.41) is 10.3. The van der Waals surface area contributed by atoms with E-state index in [2.05, 4.69) is 37.0 Å². The number of hydrogen-bond acceptors (Lipinski definition) is 3. The molecular weight excluding hydrogens is 243 g/mol. The summed E-state index contributed by atoms with van der Waals surface area (Å²) in [6, 6.07) is 8.33. The number of nitrogens with zero attached hydrogens (tertiary/aromatic N) is 2. The Balaban J connectivity index is 0.000000351. The molecule has 0 aliphatic heterocycles. The zero-order chi connectivity index (χ0) is 13.8. The van der Waals surface area contributed by atoms with Gasteiger partial charge >= 0.3 is 0 Å². The van der Waals surface area contributed by atoms with Crippen molar-refractivity contribution in [3.8, 4) is 5.75 Å². The van der Waals surface area contributed by atoms with E-state index >= 15 is 0 Å². The molecule has 0 unspecified atom stereocenters. The number of benzene rings is 1. The van der Waals surface area contributed by atoms with Crippen LogP contribution in [-0.4, -0.2) is 35.5 Å². The van der Waals surface area contributed by atoms with Crippen LogP contribution in [0.2, 0.25) is 0 Å². The maximum Gasteiger partial charge on any atom is 0.126 e. The van der Waals surface area contributed by atoms with E-state index in [0.29, 0.717) is 8.88 Å². The zero-order valence-electron chi connectivity index (χ0n) is 12.1. The molecule has 0 fully saturated rings. The number of hydrogen-bond donors (Lipinski definition) is 0. The molecule has 0 aromatic heterocycles. The fourth-order valence-corrected chi connectivity index (χ4v) is 2.54. The first kappa shape index (κ1) is 17.4. The Bertz CT molecular complexity index is 264. The monoisotopic (exact) mass is 270 g/mol. The van der Waals surface area contributed by atoms with Gasteiger partial charge in [-0.05, 0) is 27.7 Å². The van der Waals surface area contributed by atoms with Crippen LogP contribution in [0.1, 0.15) is 27.7 Å². The summed E-state index contributed by atoms with van der Waals surface area (Å²) in [7, 11) is 0.394. The summed E-state index contributed by atoms with van der Waals surface area (Å²) in [6.45, 7) is 13.7. The van der Waals surface area contributed by atoms with Crippen LogP contribution in [0.3, 0.4) is 0 Å². The summed E-state index contributed by atoms with van der Waals surface area (Å²) in [4.78, 5) is 0. The summed E-state index contributed by atoms with van der Waals surface area (Å²) in [6.07, 6.45) is 0. The molecule has 1 aromatic carbocycles. The predicted molar refractivity (Wildman–Crippen MR) is 81.4 cm³/mol. The van der Waals surface area contributed by atoms with E-state index < -0.39 is 0 Å². The normalized spacial score (nSPS) is 10.3. The number of para-hydroxylation sites is 1. The maximum absolute atomic E-state index is 10.3. The van der Waals surface area contributed by atoms with Crippen LogP contribution in [-0.2, 0) is 0 Å². The molecule has 1 rings (SSSR count). The molecule has 0 saturated carbocycles. The van der Waals surface area contributed by atoms with E-state index in [9.17, 15) is 5.11 Å². The van der Waals surface area contributed by atoms with Gasteiger partial charge < -0.3 is 5.11 Å². The molecule has 0 aliphatic carbocycles. The van der Waals surface area contributed by atoms with Crippen molar-refractivity contribution >= 4 is 8.88 Å². The Morgan fingerprint density at radius 2 is 1.22 bits per heavy atom. The molecule has 0 bridgehead atoms. The molecule has 1 aromatic rings. The van der Waals surface area contributed by atoms with E-state index in [4.69, 9.17) is 0 Å². The van der Waals surface area contributed by atoms with E-state index in [1.807, 2.05) is 6.07 Å². The SMILES string of the molecule is CCN(CC)[PH2+]N(CC)CC.[O-]c1ccccc1. The van der Waals surface area contributed by atoms with Crippen molar-refractivity contribution in [3.63, 3.8) is 0 Å². The van der Waals surface area contributed by atoms with Gasteiger partial charge in [0.25, 0.3) is 0 Å². The summed E-state index contributed by atoms with van der Waals surface area (Å²) < 4.78 is 5.04. The van der Waals surface area contributed by atoms with Crippen LogP contribution in [0.15, 0.2) is 30.3 Å². The Morgan fingerprint density at radius 1 is 0.833 bits per heavy atom. The second-order valence-electron chi connectivity index (χ2n) is 3.87. The Kier molecular flexibility index (Phi) is 11.1. The zero-order valence-corrected chi connectivity index (χ0v) is 13.2. The molecule has 0 spiro atoms. The molecule has 104 valence electrons. The van der Waals surface area contributed by atoms with Gasteiger partial charge in [-0.2, -0.15) is 9.34 Å². The van der Waals surface area contributed by atoms with Gasteiger partial charge in [0.15, 0.2) is 0 Å². The van der Waals surface area contributed by atoms with Crippen LogP contribution in [0.4, 0.5) is 0 Å². The largest absolute Gasteiger partial charge is 0.872 e. The molecule has 0 radical (unpaired) electrons. The van der Waals surface area contributed by atoms with Crippen LogP contribution >= 0.6 is 8.88 Å². The van der Waals surface area contributed by atoms with Gasteiger partial charge in [0.2, 0.25) is 0 Å². The van der Waals surface area contributed by atoms with Gasteiger partial charge in [0.1, 0.15) is 8.88 Å². The highest BCUT2D eigenvalue weighted by Crippen LogP contribution is 2.21. The highest BCUT2D eigenvalue weighted by atomic mass is 31.1. The second kappa shape index (κ2) is 11.5. The Hall–Kier alpha value is -0.630. The minimum atomic E-state index is 0.0718. The molecule has 18 heavy (non-hydrogen) atoms. The van der Waals surface area contributed by atoms with Crippen molar-refractivity contribution in [2.75, 3.05) is 26.2 Å². The van der Waals surface area contributed by atoms with E-state index in [1.54, 1.807) is 12.1 Å². The van der Waals surface area contributed by atoms with E-state index in [-0.39, 0.29) is 5.75 Å². The first-order chi connectivity index (χ1) is 8.67. The molecular formula is C14H27N2OP. The Morgan fingerprint density at radius 3 is 1.44 bits per heavy atom. The van der Waals surface area contributed by atoms with Gasteiger partial charge in [-0.1, -0.05) is 30.3 Å². The standard InChI is InChI=1S/C8H21N2P.C6H6O/c1-5-9(6-2)11-10(7-3)8-4;7-6-4-2-1-3-5-6/h11H,5-8H2,1-4H3;1-5,7H. The second-order valence-corrected chi connectivity index (χ2v) is 5.56. The summed E-state index contributed by atoms with van der Waals surface area (Å²) in [5.41, 5.74) is 0. The lowest BCUT2D eigenvalue weighted by atomic mass is 10.3. The third-order valence-electron chi connectivity index (χ3n) is 2.69. The smallest absolute Gasteiger partial charge is 0.126 e. The van der Waals surface area contributed by atoms with Crippen LogP contribution in [0, 0.1) is 0 Å². The van der Waals surface area contributed by atoms with Gasteiger partial charge in [-0.3, -0.25) is 0 Å². The predicted octanol–water partition coefficient (Wildman–Crippen LogP) is 2.67. The molecule has 0 aliphatic rings. The first-order valence-electron chi connectivity index (χ1n) is 6.72. The van der Waals surface area contributed by atoms with E-state index in [1.165, 1.54) is 38.3 Å². The van der Waals surface area contributed by atoms with Crippen molar-refractivity contribution in [3.05, 3.63) is 30.3 Å². The molecule has 0 heterocycles. The lowest BCUT2D eigenvalue weighted by molar-refractivity contribution is -0.268. The first-order valence-corrected chi connectivity index (χ1v) is 7.76. The summed E-state index contributed by atoms with van der Waals surface area (Å²) in [5.74, 6) is 0.0718. The maximum atomic E-state index is 10.3. The molecule has 0 saturated heterocycles. The van der Waals surface area contributed by atoms with Crippen molar-refractivity contribution in [1.82, 2.24) is 9.34 Å². The molecule has 0 amide bonds. The van der Waals surface area contributed by atoms with Crippen LogP contribution in [0.25, 0.3) is 0 Å². The van der Waals surface area contributed by atoms with Crippen molar-refractivity contribution in [2.45, 2.75) is 27.7 Å². The third-order valence-corrected chi connectivity index (χ3v) is 4.81. The van der Waals surface area contributed by atoms with Gasteiger partial charge in [-0.15, -0.1) is 5.75 Å². The topological polar surface area (TPSA) is 29.5 Å². The van der Waals surface area contributed by atoms with Gasteiger partial charge in [0.05, 0.1) is 0 Å². The lowest BCUT2D eigenvalue weighted by Gasteiger charge is -2.18. The van der Waals surface area contributed by atoms with Gasteiger partial charge in [0, 0.05) is 26.2 Å². The minimum Gasteiger partial charge on any atom is -0.872 e. The highest BCUT2D eigenvalue weighted by Gasteiger charge is 2.10. The molecule has 0 N–H and O–H groups in total. The van der Waals surface area contributed by atoms with Gasteiger partial charge in [-0.25, -0.2) is 0 Å². The van der Waals surface area contributed by atoms with Crippen molar-refractivity contribution in [1.29, 1.82) is 0 Å². The highest BCUT2D eigenvalue weighted by molar-refractivity contribution is 7.32. The summed E-state index contributed by atoms with van der Waals surface area (Å²) >= 11 is 0. The fraction of sp³-hybridized carbons (Fsp3) is 0.571. The molecule has 0 atom stereocenters. The third kappa shape index (κ3) is 8.46. The van der Waals surface area contributed by atoms with Crippen molar-refractivity contribution in [2.24, 2.45) is 0 Å². The lowest BCUT2D eigenvalue weighted by Crippen LogP contribution is -2.22. The average Bonchev–Trinajstić information content (AvgIpc) is 2.42. The van der Waals surface area contributed by atoms with E-state index in [0.717, 1.165) is 0 Å². The van der Waals surface area contributed by atoms with Crippen molar-refractivity contribution < 1.29 is 5.11 Å². The minimum absolute atomic E-state index is 0.0718. The average molecular weight is 270 g/mol. The van der Waals surface area contributed by atoms with Crippen LogP contribution < -0.4 is 5.11 Å². The Labute approximate surface area is 114 Å². The fourth-order valence-electron chi connectivity index (χ4n) is 1.43. The van der Waals surface area contributed by atoms with Crippen LogP contribution in [0.5, 0.6) is 5.75 Å². The molecule has 3 nitrogen and oxygen atoms in total. The molecule has 4 heteroatoms.